The number of rotatable bonds is 40. The van der Waals surface area contributed by atoms with Gasteiger partial charge in [-0.05, 0) is 75.8 Å². The molecule has 0 saturated heterocycles. The molecule has 1 heterocycles. The van der Waals surface area contributed by atoms with Crippen molar-refractivity contribution >= 4 is 71.1 Å². The first-order chi connectivity index (χ1) is 36.8. The van der Waals surface area contributed by atoms with E-state index in [4.69, 9.17) is 22.3 Å². The molecule has 0 aliphatic heterocycles. The van der Waals surface area contributed by atoms with Crippen LogP contribution >= 0.6 is 0 Å². The van der Waals surface area contributed by atoms with E-state index in [9.17, 15) is 67.7 Å². The molecule has 9 amide bonds. The van der Waals surface area contributed by atoms with E-state index in [1.165, 1.54) is 12.5 Å². The third kappa shape index (κ3) is 26.2. The molecule has 1 aromatic heterocycles. The van der Waals surface area contributed by atoms with Crippen molar-refractivity contribution in [2.45, 2.75) is 173 Å². The van der Waals surface area contributed by atoms with E-state index in [0.29, 0.717) is 50.8 Å². The molecular weight excluding hydrogens is 1020 g/mol. The van der Waals surface area contributed by atoms with E-state index in [0.717, 1.165) is 0 Å². The van der Waals surface area contributed by atoms with Gasteiger partial charge < -0.3 is 85.4 Å². The summed E-state index contributed by atoms with van der Waals surface area (Å²) in [5.41, 5.74) is 17.6. The highest BCUT2D eigenvalue weighted by atomic mass is 16.4. The van der Waals surface area contributed by atoms with Gasteiger partial charge in [0.25, 0.3) is 0 Å². The van der Waals surface area contributed by atoms with Gasteiger partial charge in [0, 0.05) is 31.2 Å². The van der Waals surface area contributed by atoms with Crippen molar-refractivity contribution in [1.29, 1.82) is 0 Å². The van der Waals surface area contributed by atoms with Crippen LogP contribution in [-0.4, -0.2) is 171 Å². The van der Waals surface area contributed by atoms with Crippen LogP contribution in [0.1, 0.15) is 124 Å². The quantitative estimate of drug-likeness (QED) is 0.0287. The van der Waals surface area contributed by atoms with Crippen molar-refractivity contribution in [3.05, 3.63) is 18.2 Å². The molecule has 10 atom stereocenters. The van der Waals surface area contributed by atoms with Crippen molar-refractivity contribution in [2.24, 2.45) is 35.0 Å². The molecule has 0 unspecified atom stereocenters. The molecule has 0 fully saturated rings. The average molecular weight is 1110 g/mol. The molecule has 29 heteroatoms. The Bertz CT molecular complexity index is 2150. The van der Waals surface area contributed by atoms with Crippen molar-refractivity contribution < 1.29 is 72.9 Å². The van der Waals surface area contributed by atoms with Gasteiger partial charge in [0.1, 0.15) is 48.8 Å². The van der Waals surface area contributed by atoms with Gasteiger partial charge in [-0.1, -0.05) is 60.8 Å². The molecule has 0 bridgehead atoms. The first-order valence-corrected chi connectivity index (χ1v) is 26.3. The fourth-order valence-electron chi connectivity index (χ4n) is 7.61. The van der Waals surface area contributed by atoms with Crippen molar-refractivity contribution in [1.82, 2.24) is 57.8 Å². The van der Waals surface area contributed by atoms with Crippen LogP contribution in [0.4, 0.5) is 0 Å². The number of carboxylic acid groups (broad SMARTS) is 3. The second-order valence-electron chi connectivity index (χ2n) is 19.4. The van der Waals surface area contributed by atoms with Crippen LogP contribution in [0.3, 0.4) is 0 Å². The number of nitrogens with zero attached hydrogens (tertiary/aromatic N) is 1. The molecular formula is C49H84N14O15. The van der Waals surface area contributed by atoms with Crippen LogP contribution in [-0.2, 0) is 64.0 Å². The largest absolute Gasteiger partial charge is 0.481 e. The lowest BCUT2D eigenvalue weighted by Crippen LogP contribution is -2.61. The topological polar surface area (TPSA) is 481 Å². The van der Waals surface area contributed by atoms with Crippen LogP contribution in [0.5, 0.6) is 0 Å². The van der Waals surface area contributed by atoms with E-state index < -0.39 is 176 Å². The third-order valence-electron chi connectivity index (χ3n) is 12.7. The van der Waals surface area contributed by atoms with Crippen LogP contribution in [0.15, 0.2) is 12.5 Å². The minimum atomic E-state index is -1.60. The van der Waals surface area contributed by atoms with E-state index in [1.54, 1.807) is 41.5 Å². The molecule has 19 N–H and O–H groups in total. The summed E-state index contributed by atoms with van der Waals surface area (Å²) in [5.74, 6) is -13.5. The van der Waals surface area contributed by atoms with Crippen LogP contribution < -0.4 is 65.1 Å². The first-order valence-electron chi connectivity index (χ1n) is 26.3. The number of carbonyl (C=O) groups excluding carboxylic acids is 9. The summed E-state index contributed by atoms with van der Waals surface area (Å²) in [6.07, 6.45) is 3.17. The standard InChI is InChI=1S/C49H84N14O15/c1-7-27(5)40(62-42(71)30(52)13-9-11-19-50)47(76)54-23-35(64)57-32(15-17-36(65)66)43(72)58-31(14-10-12-20-51)44(73)61-39(26(3)4)49(78)60-34(21-29-22-53-25-56-29)46(75)59-33(16-18-37(67)68)45(74)63-41(28(6)8-2)48(77)55-24-38(69)70/h22,25-28,30-34,39-41H,7-21,23-24,50-52H2,1-6H3,(H,53,56)(H,54,76)(H,55,77)(H,57,64)(H,58,72)(H,59,75)(H,60,78)(H,61,73)(H,62,71)(H,63,74)(H,65,66)(H,67,68)(H,69,70)/t27-,28-,30-,31-,32-,33-,34-,39-,40-,41-/m0/s1. The summed E-state index contributed by atoms with van der Waals surface area (Å²) >= 11 is 0. The Balaban J connectivity index is 3.44. The van der Waals surface area contributed by atoms with E-state index in [1.807, 2.05) is 0 Å². The molecule has 0 aliphatic carbocycles. The third-order valence-corrected chi connectivity index (χ3v) is 12.7. The molecule has 0 radical (unpaired) electrons. The van der Waals surface area contributed by atoms with Gasteiger partial charge in [-0.2, -0.15) is 0 Å². The summed E-state index contributed by atoms with van der Waals surface area (Å²) in [7, 11) is 0. The number of hydrogen-bond acceptors (Lipinski definition) is 16. The monoisotopic (exact) mass is 1110 g/mol. The van der Waals surface area contributed by atoms with Crippen LogP contribution in [0, 0.1) is 17.8 Å². The molecule has 0 spiro atoms. The predicted molar refractivity (Wildman–Crippen MR) is 281 cm³/mol. The second kappa shape index (κ2) is 36.7. The number of unbranched alkanes of at least 4 members (excludes halogenated alkanes) is 2. The number of aliphatic carboxylic acids is 3. The summed E-state index contributed by atoms with van der Waals surface area (Å²) in [4.78, 5) is 164. The Morgan fingerprint density at radius 2 is 0.949 bits per heavy atom. The number of nitrogens with two attached hydrogens (primary N) is 3. The predicted octanol–water partition coefficient (Wildman–Crippen LogP) is -3.27. The van der Waals surface area contributed by atoms with Crippen LogP contribution in [0.2, 0.25) is 0 Å². The number of carboxylic acids is 3. The minimum absolute atomic E-state index is 0.0555. The molecule has 0 aromatic carbocycles. The SMILES string of the molecule is CC[C@H](C)[C@H](NC(=O)[C@H](CCC(=O)O)NC(=O)[C@H](Cc1cnc[nH]1)NC(=O)[C@@H](NC(=O)[C@H](CCCCN)NC(=O)[C@H](CCC(=O)O)NC(=O)CNC(=O)[C@@H](NC(=O)[C@@H](N)CCCCN)[C@@H](C)CC)C(C)C)C(=O)NCC(=O)O. The zero-order valence-corrected chi connectivity index (χ0v) is 45.4. The maximum Gasteiger partial charge on any atom is 0.322 e. The van der Waals surface area contributed by atoms with Crippen molar-refractivity contribution in [2.75, 3.05) is 26.2 Å². The lowest BCUT2D eigenvalue weighted by atomic mass is 9.97. The van der Waals surface area contributed by atoms with Gasteiger partial charge in [-0.15, -0.1) is 0 Å². The lowest BCUT2D eigenvalue weighted by molar-refractivity contribution is -0.139. The highest BCUT2D eigenvalue weighted by Crippen LogP contribution is 2.13. The fourth-order valence-corrected chi connectivity index (χ4v) is 7.61. The zero-order chi connectivity index (χ0) is 59.1. The Morgan fingerprint density at radius 1 is 0.513 bits per heavy atom. The molecule has 1 aromatic rings. The number of nitrogens with one attached hydrogen (secondary N) is 10. The summed E-state index contributed by atoms with van der Waals surface area (Å²) < 4.78 is 0. The highest BCUT2D eigenvalue weighted by molar-refractivity contribution is 5.98. The van der Waals surface area contributed by atoms with E-state index >= 15 is 0 Å². The van der Waals surface area contributed by atoms with Crippen molar-refractivity contribution in [3.63, 3.8) is 0 Å². The second-order valence-corrected chi connectivity index (χ2v) is 19.4. The number of imidazole rings is 1. The van der Waals surface area contributed by atoms with Gasteiger partial charge in [0.15, 0.2) is 0 Å². The minimum Gasteiger partial charge on any atom is -0.481 e. The van der Waals surface area contributed by atoms with Crippen molar-refractivity contribution in [3.8, 4) is 0 Å². The maximum atomic E-state index is 14.2. The molecule has 78 heavy (non-hydrogen) atoms. The Morgan fingerprint density at radius 3 is 1.41 bits per heavy atom. The van der Waals surface area contributed by atoms with Gasteiger partial charge in [-0.25, -0.2) is 4.98 Å². The number of aromatic nitrogens is 2. The Labute approximate surface area is 453 Å². The summed E-state index contributed by atoms with van der Waals surface area (Å²) in [6, 6.07) is -10.8. The fraction of sp³-hybridized carbons (Fsp3) is 0.694. The normalized spacial score (nSPS) is 14.9. The van der Waals surface area contributed by atoms with Gasteiger partial charge in [0.05, 0.1) is 18.9 Å². The van der Waals surface area contributed by atoms with E-state index in [-0.39, 0.29) is 25.8 Å². The summed E-state index contributed by atoms with van der Waals surface area (Å²) in [5, 5.41) is 50.4. The first kappa shape index (κ1) is 68.7. The Hall–Kier alpha value is -7.27. The molecule has 1 rings (SSSR count). The molecule has 29 nitrogen and oxygen atoms in total. The zero-order valence-electron chi connectivity index (χ0n) is 45.4. The molecule has 0 aliphatic rings. The number of amides is 9. The smallest absolute Gasteiger partial charge is 0.322 e. The number of hydrogen-bond donors (Lipinski definition) is 16. The average Bonchev–Trinajstić information content (AvgIpc) is 3.91. The van der Waals surface area contributed by atoms with Crippen LogP contribution in [0.25, 0.3) is 0 Å². The molecule has 440 valence electrons. The Kier molecular flexibility index (Phi) is 32.4. The number of H-pyrrole nitrogens is 1. The highest BCUT2D eigenvalue weighted by Gasteiger charge is 2.36. The van der Waals surface area contributed by atoms with Gasteiger partial charge in [-0.3, -0.25) is 57.5 Å². The van der Waals surface area contributed by atoms with Gasteiger partial charge in [0.2, 0.25) is 53.2 Å². The summed E-state index contributed by atoms with van der Waals surface area (Å²) in [6.45, 7) is 9.12. The molecule has 0 saturated carbocycles. The maximum absolute atomic E-state index is 14.2. The number of aromatic amines is 1. The lowest BCUT2D eigenvalue weighted by Gasteiger charge is -2.29. The van der Waals surface area contributed by atoms with E-state index in [2.05, 4.69) is 57.8 Å². The van der Waals surface area contributed by atoms with Gasteiger partial charge >= 0.3 is 17.9 Å². The number of carbonyl (C=O) groups is 12.